The highest BCUT2D eigenvalue weighted by Gasteiger charge is 2.32. The van der Waals surface area contributed by atoms with Crippen LogP contribution in [0, 0.1) is 10.2 Å². The number of nitrogens with zero attached hydrogens (tertiary/aromatic N) is 1. The minimum atomic E-state index is 0.0587. The van der Waals surface area contributed by atoms with E-state index in [1.54, 1.807) is 6.20 Å². The minimum Gasteiger partial charge on any atom is -0.390 e. The van der Waals surface area contributed by atoms with Crippen molar-refractivity contribution in [1.82, 2.24) is 9.55 Å². The maximum Gasteiger partial charge on any atom is 0.177 e. The first-order valence-corrected chi connectivity index (χ1v) is 5.43. The van der Waals surface area contributed by atoms with Gasteiger partial charge < -0.3 is 14.7 Å². The molecule has 1 heterocycles. The van der Waals surface area contributed by atoms with E-state index in [2.05, 4.69) is 11.9 Å². The molecule has 2 N–H and O–H groups in total. The van der Waals surface area contributed by atoms with Crippen LogP contribution in [-0.2, 0) is 13.2 Å². The highest BCUT2D eigenvalue weighted by atomic mass is 32.1. The van der Waals surface area contributed by atoms with E-state index in [1.165, 1.54) is 19.3 Å². The average Bonchev–Trinajstić information content (AvgIpc) is 2.45. The molecule has 0 unspecified atom stereocenters. The number of hydrogen-bond donors (Lipinski definition) is 2. The molecule has 0 atom stereocenters. The summed E-state index contributed by atoms with van der Waals surface area (Å²) in [6, 6.07) is 0. The van der Waals surface area contributed by atoms with Gasteiger partial charge in [-0.3, -0.25) is 0 Å². The Morgan fingerprint density at radius 1 is 1.64 bits per heavy atom. The van der Waals surface area contributed by atoms with Gasteiger partial charge in [0.25, 0.3) is 0 Å². The number of rotatable bonds is 3. The normalized spacial score (nSPS) is 19.3. The summed E-state index contributed by atoms with van der Waals surface area (Å²) in [7, 11) is 0. The largest absolute Gasteiger partial charge is 0.390 e. The van der Waals surface area contributed by atoms with Gasteiger partial charge >= 0.3 is 0 Å². The summed E-state index contributed by atoms with van der Waals surface area (Å²) < 4.78 is 2.75. The zero-order valence-electron chi connectivity index (χ0n) is 8.42. The SMILES string of the molecule is CC1(Cn2c(CO)c[nH]c2=S)CCC1. The second-order valence-electron chi connectivity index (χ2n) is 4.49. The maximum atomic E-state index is 9.13. The predicted octanol–water partition coefficient (Wildman–Crippen LogP) is 2.23. The fraction of sp³-hybridized carbons (Fsp3) is 0.700. The van der Waals surface area contributed by atoms with Crippen molar-refractivity contribution >= 4 is 12.2 Å². The van der Waals surface area contributed by atoms with Crippen LogP contribution in [0.4, 0.5) is 0 Å². The summed E-state index contributed by atoms with van der Waals surface area (Å²) in [6.07, 6.45) is 5.66. The summed E-state index contributed by atoms with van der Waals surface area (Å²) in [5, 5.41) is 9.13. The van der Waals surface area contributed by atoms with Crippen LogP contribution in [0.15, 0.2) is 6.20 Å². The first-order chi connectivity index (χ1) is 6.64. The van der Waals surface area contributed by atoms with Gasteiger partial charge in [0.15, 0.2) is 4.77 Å². The number of imidazole rings is 1. The molecule has 0 spiro atoms. The first-order valence-electron chi connectivity index (χ1n) is 5.03. The fourth-order valence-corrected chi connectivity index (χ4v) is 2.30. The Hall–Kier alpha value is -0.610. The predicted molar refractivity (Wildman–Crippen MR) is 57.5 cm³/mol. The van der Waals surface area contributed by atoms with Gasteiger partial charge in [-0.15, -0.1) is 0 Å². The van der Waals surface area contributed by atoms with Crippen LogP contribution in [0.1, 0.15) is 31.9 Å². The molecule has 14 heavy (non-hydrogen) atoms. The molecular formula is C10H16N2OS. The Morgan fingerprint density at radius 2 is 2.36 bits per heavy atom. The van der Waals surface area contributed by atoms with Gasteiger partial charge in [-0.05, 0) is 30.5 Å². The van der Waals surface area contributed by atoms with Gasteiger partial charge in [0.1, 0.15) is 0 Å². The monoisotopic (exact) mass is 212 g/mol. The maximum absolute atomic E-state index is 9.13. The lowest BCUT2D eigenvalue weighted by Gasteiger charge is -2.38. The number of nitrogens with one attached hydrogen (secondary N) is 1. The van der Waals surface area contributed by atoms with Gasteiger partial charge in [0.2, 0.25) is 0 Å². The van der Waals surface area contributed by atoms with Gasteiger partial charge in [-0.25, -0.2) is 0 Å². The van der Waals surface area contributed by atoms with Crippen molar-refractivity contribution in [1.29, 1.82) is 0 Å². The quantitative estimate of drug-likeness (QED) is 0.754. The molecular weight excluding hydrogens is 196 g/mol. The average molecular weight is 212 g/mol. The van der Waals surface area contributed by atoms with E-state index < -0.39 is 0 Å². The molecule has 0 saturated heterocycles. The third kappa shape index (κ3) is 1.64. The van der Waals surface area contributed by atoms with Crippen molar-refractivity contribution in [3.8, 4) is 0 Å². The van der Waals surface area contributed by atoms with Crippen LogP contribution in [0.2, 0.25) is 0 Å². The number of hydrogen-bond acceptors (Lipinski definition) is 2. The molecule has 2 rings (SSSR count). The van der Waals surface area contributed by atoms with Crippen molar-refractivity contribution in [2.45, 2.75) is 39.3 Å². The van der Waals surface area contributed by atoms with E-state index in [0.29, 0.717) is 5.41 Å². The molecule has 0 aliphatic heterocycles. The third-order valence-electron chi connectivity index (χ3n) is 3.22. The lowest BCUT2D eigenvalue weighted by molar-refractivity contribution is 0.127. The molecule has 4 heteroatoms. The third-order valence-corrected chi connectivity index (χ3v) is 3.55. The molecule has 78 valence electrons. The second kappa shape index (κ2) is 3.51. The molecule has 1 aliphatic rings. The summed E-state index contributed by atoms with van der Waals surface area (Å²) in [6.45, 7) is 3.28. The van der Waals surface area contributed by atoms with E-state index in [1.807, 2.05) is 4.57 Å². The Kier molecular flexibility index (Phi) is 2.49. The van der Waals surface area contributed by atoms with Crippen LogP contribution >= 0.6 is 12.2 Å². The Labute approximate surface area is 88.8 Å². The summed E-state index contributed by atoms with van der Waals surface area (Å²) in [4.78, 5) is 2.98. The number of aromatic amines is 1. The summed E-state index contributed by atoms with van der Waals surface area (Å²) >= 11 is 5.18. The zero-order valence-corrected chi connectivity index (χ0v) is 9.23. The van der Waals surface area contributed by atoms with Crippen molar-refractivity contribution < 1.29 is 5.11 Å². The molecule has 0 bridgehead atoms. The van der Waals surface area contributed by atoms with Crippen LogP contribution in [-0.4, -0.2) is 14.7 Å². The fourth-order valence-electron chi connectivity index (χ4n) is 2.06. The molecule has 0 amide bonds. The van der Waals surface area contributed by atoms with Gasteiger partial charge in [-0.1, -0.05) is 13.3 Å². The van der Waals surface area contributed by atoms with Crippen molar-refractivity contribution in [3.05, 3.63) is 16.7 Å². The first kappa shape index (κ1) is 9.93. The van der Waals surface area contributed by atoms with Crippen LogP contribution in [0.5, 0.6) is 0 Å². The van der Waals surface area contributed by atoms with Crippen molar-refractivity contribution in [2.75, 3.05) is 0 Å². The number of aliphatic hydroxyl groups is 1. The Balaban J connectivity index is 2.22. The van der Waals surface area contributed by atoms with E-state index in [4.69, 9.17) is 17.3 Å². The van der Waals surface area contributed by atoms with Crippen molar-refractivity contribution in [2.24, 2.45) is 5.41 Å². The second-order valence-corrected chi connectivity index (χ2v) is 4.88. The summed E-state index contributed by atoms with van der Waals surface area (Å²) in [5.74, 6) is 0. The minimum absolute atomic E-state index is 0.0587. The van der Waals surface area contributed by atoms with Crippen LogP contribution < -0.4 is 0 Å². The van der Waals surface area contributed by atoms with E-state index >= 15 is 0 Å². The molecule has 3 nitrogen and oxygen atoms in total. The lowest BCUT2D eigenvalue weighted by atomic mass is 9.70. The topological polar surface area (TPSA) is 41.0 Å². The van der Waals surface area contributed by atoms with Gasteiger partial charge in [-0.2, -0.15) is 0 Å². The molecule has 1 fully saturated rings. The summed E-state index contributed by atoms with van der Waals surface area (Å²) in [5.41, 5.74) is 1.28. The molecule has 1 aromatic heterocycles. The van der Waals surface area contributed by atoms with Gasteiger partial charge in [0, 0.05) is 12.7 Å². The van der Waals surface area contributed by atoms with Crippen LogP contribution in [0.3, 0.4) is 0 Å². The van der Waals surface area contributed by atoms with E-state index in [-0.39, 0.29) is 6.61 Å². The Morgan fingerprint density at radius 3 is 2.86 bits per heavy atom. The molecule has 1 aliphatic carbocycles. The molecule has 0 aromatic carbocycles. The van der Waals surface area contributed by atoms with Crippen molar-refractivity contribution in [3.63, 3.8) is 0 Å². The zero-order chi connectivity index (χ0) is 10.2. The molecule has 1 aromatic rings. The molecule has 1 saturated carbocycles. The smallest absolute Gasteiger partial charge is 0.177 e. The van der Waals surface area contributed by atoms with Crippen LogP contribution in [0.25, 0.3) is 0 Å². The highest BCUT2D eigenvalue weighted by Crippen LogP contribution is 2.41. The lowest BCUT2D eigenvalue weighted by Crippen LogP contribution is -2.31. The number of aromatic nitrogens is 2. The van der Waals surface area contributed by atoms with Gasteiger partial charge in [0.05, 0.1) is 12.3 Å². The van der Waals surface area contributed by atoms with E-state index in [9.17, 15) is 0 Å². The molecule has 0 radical (unpaired) electrons. The van der Waals surface area contributed by atoms with E-state index in [0.717, 1.165) is 17.0 Å². The number of H-pyrrole nitrogens is 1. The standard InChI is InChI=1S/C10H16N2OS/c1-10(3-2-4-10)7-12-8(6-13)5-11-9(12)14/h5,13H,2-4,6-7H2,1H3,(H,11,14). The Bertz CT molecular complexity index is 376. The highest BCUT2D eigenvalue weighted by molar-refractivity contribution is 7.71. The number of aliphatic hydroxyl groups excluding tert-OH is 1.